The van der Waals surface area contributed by atoms with Crippen molar-refractivity contribution in [2.24, 2.45) is 5.41 Å². The van der Waals surface area contributed by atoms with Crippen LogP contribution in [0.1, 0.15) is 44.9 Å². The van der Waals surface area contributed by atoms with E-state index in [1.807, 2.05) is 10.6 Å². The third-order valence-electron chi connectivity index (χ3n) is 7.48. The molecule has 32 heavy (non-hydrogen) atoms. The van der Waals surface area contributed by atoms with Gasteiger partial charge in [0.05, 0.1) is 23.9 Å². The zero-order chi connectivity index (χ0) is 22.7. The van der Waals surface area contributed by atoms with Gasteiger partial charge in [-0.05, 0) is 30.7 Å². The number of alkyl halides is 1. The maximum absolute atomic E-state index is 13.7. The molecule has 0 bridgehead atoms. The first-order valence-corrected chi connectivity index (χ1v) is 10.8. The van der Waals surface area contributed by atoms with E-state index in [9.17, 15) is 18.8 Å². The van der Waals surface area contributed by atoms with Gasteiger partial charge in [0.15, 0.2) is 0 Å². The number of likely N-dealkylation sites (tertiary alicyclic amines) is 1. The van der Waals surface area contributed by atoms with Crippen molar-refractivity contribution < 1.29 is 22.7 Å². The van der Waals surface area contributed by atoms with Gasteiger partial charge < -0.3 is 9.42 Å². The molecule has 4 atom stereocenters. The van der Waals surface area contributed by atoms with Crippen molar-refractivity contribution in [2.45, 2.75) is 56.8 Å². The van der Waals surface area contributed by atoms with Gasteiger partial charge in [0.2, 0.25) is 30.0 Å². The van der Waals surface area contributed by atoms with E-state index in [0.717, 1.165) is 12.8 Å². The van der Waals surface area contributed by atoms with E-state index in [2.05, 4.69) is 30.2 Å². The molecule has 1 spiro atoms. The summed E-state index contributed by atoms with van der Waals surface area (Å²) in [4.78, 5) is 18.7. The number of benzene rings is 1. The predicted octanol–water partition coefficient (Wildman–Crippen LogP) is 3.08. The van der Waals surface area contributed by atoms with Crippen molar-refractivity contribution in [3.8, 4) is 17.5 Å². The van der Waals surface area contributed by atoms with Crippen LogP contribution in [-0.2, 0) is 4.79 Å². The fourth-order valence-corrected chi connectivity index (χ4v) is 5.45. The molecule has 166 valence electrons. The highest BCUT2D eigenvalue weighted by atomic mass is 19.1. The molecule has 4 unspecified atom stereocenters. The summed E-state index contributed by atoms with van der Waals surface area (Å²) in [7, 11) is 0. The molecule has 1 aromatic carbocycles. The van der Waals surface area contributed by atoms with E-state index in [4.69, 9.17) is 4.52 Å². The third kappa shape index (κ3) is 3.12. The number of amides is 1. The Morgan fingerprint density at radius 1 is 1.38 bits per heavy atom. The summed E-state index contributed by atoms with van der Waals surface area (Å²) in [5.41, 5.74) is 0.123. The first-order valence-electron chi connectivity index (χ1n) is 10.8. The molecule has 3 heterocycles. The average Bonchev–Trinajstić information content (AvgIpc) is 3.06. The molecule has 1 saturated carbocycles. The van der Waals surface area contributed by atoms with Crippen LogP contribution in [0.3, 0.4) is 0 Å². The van der Waals surface area contributed by atoms with Crippen molar-refractivity contribution in [3.63, 3.8) is 0 Å². The number of carbonyl (C=O) groups is 1. The number of hydrogen-bond acceptors (Lipinski definition) is 5. The summed E-state index contributed by atoms with van der Waals surface area (Å²) in [6.07, 6.45) is 2.65. The molecule has 5 rings (SSSR count). The van der Waals surface area contributed by atoms with Crippen molar-refractivity contribution >= 4 is 12.1 Å². The minimum Gasteiger partial charge on any atom is -0.339 e. The number of carbonyl (C=O) groups excluding carboxylic acids is 1. The van der Waals surface area contributed by atoms with Gasteiger partial charge in [-0.2, -0.15) is 10.2 Å². The topological polar surface area (TPSA) is 86.0 Å². The molecule has 9 heteroatoms. The van der Waals surface area contributed by atoms with Gasteiger partial charge in [-0.25, -0.2) is 13.4 Å². The smallest absolute Gasteiger partial charge is 0.289 e. The van der Waals surface area contributed by atoms with Gasteiger partial charge in [0.25, 0.3) is 5.91 Å². The zero-order valence-corrected chi connectivity index (χ0v) is 18.0. The lowest BCUT2D eigenvalue weighted by atomic mass is 9.74. The van der Waals surface area contributed by atoms with Gasteiger partial charge in [-0.1, -0.05) is 19.0 Å². The minimum atomic E-state index is -1.14. The van der Waals surface area contributed by atoms with Crippen molar-refractivity contribution in [3.05, 3.63) is 36.0 Å². The molecule has 1 saturated heterocycles. The number of aromatic nitrogens is 2. The number of nitriles is 1. The summed E-state index contributed by atoms with van der Waals surface area (Å²) < 4.78 is 34.5. The standard InChI is InChI=1S/C23H24F2N5O2/c1-22(2)18(21-27-20(28-32-21)14-3-5-15(24)6-4-14)7-8-23(22)13-29(23)12-19(31)30-11-16(25)9-17(30)10-26/h3-6,13,16-18H,7-9,11-12H2,1-2H3/q+1. The highest BCUT2D eigenvalue weighted by Gasteiger charge is 2.72. The Labute approximate surface area is 184 Å². The van der Waals surface area contributed by atoms with Crippen LogP contribution in [0, 0.1) is 22.6 Å². The fraction of sp³-hybridized carbons (Fsp3) is 0.522. The Hall–Kier alpha value is -3.15. The molecule has 0 radical (unpaired) electrons. The lowest BCUT2D eigenvalue weighted by Gasteiger charge is -2.27. The molecule has 2 fully saturated rings. The van der Waals surface area contributed by atoms with Gasteiger partial charge in [0, 0.05) is 18.4 Å². The first kappa shape index (κ1) is 20.7. The average molecular weight is 440 g/mol. The molecular formula is C23H24F2N5O2+. The van der Waals surface area contributed by atoms with Crippen LogP contribution in [0.25, 0.3) is 11.4 Å². The minimum absolute atomic E-state index is 0.00517. The van der Waals surface area contributed by atoms with E-state index in [0.29, 0.717) is 17.3 Å². The predicted molar refractivity (Wildman–Crippen MR) is 110 cm³/mol. The molecule has 0 N–H and O–H groups in total. The molecular weight excluding hydrogens is 416 g/mol. The van der Waals surface area contributed by atoms with Crippen molar-refractivity contribution in [1.82, 2.24) is 15.0 Å². The van der Waals surface area contributed by atoms with Crippen LogP contribution in [0.4, 0.5) is 8.78 Å². The maximum Gasteiger partial charge on any atom is 0.289 e. The van der Waals surface area contributed by atoms with Gasteiger partial charge >= 0.3 is 0 Å². The number of rotatable bonds is 4. The monoisotopic (exact) mass is 440 g/mol. The number of halogens is 2. The van der Waals surface area contributed by atoms with Gasteiger partial charge in [-0.3, -0.25) is 4.79 Å². The Kier molecular flexibility index (Phi) is 4.66. The second kappa shape index (κ2) is 7.19. The summed E-state index contributed by atoms with van der Waals surface area (Å²) in [6.45, 7) is 4.36. The zero-order valence-electron chi connectivity index (χ0n) is 18.0. The van der Waals surface area contributed by atoms with Crippen LogP contribution >= 0.6 is 0 Å². The number of hydrogen-bond donors (Lipinski definition) is 0. The molecule has 3 aliphatic rings. The Bertz CT molecular complexity index is 1140. The normalized spacial score (nSPS) is 30.4. The molecule has 7 nitrogen and oxygen atoms in total. The lowest BCUT2D eigenvalue weighted by Crippen LogP contribution is -2.43. The summed E-state index contributed by atoms with van der Waals surface area (Å²) in [6, 6.07) is 7.28. The Balaban J connectivity index is 1.29. The highest BCUT2D eigenvalue weighted by Crippen LogP contribution is 2.59. The summed E-state index contributed by atoms with van der Waals surface area (Å²) in [5, 5.41) is 13.3. The van der Waals surface area contributed by atoms with E-state index >= 15 is 0 Å². The SMILES string of the molecule is CC1(C)C(c2nc(-c3ccc(F)cc3)no2)CCC12C=[N+]2CC(=O)N1CC(F)CC1C#N. The van der Waals surface area contributed by atoms with Gasteiger partial charge in [0.1, 0.15) is 18.0 Å². The van der Waals surface area contributed by atoms with E-state index < -0.39 is 12.2 Å². The second-order valence-electron chi connectivity index (χ2n) is 9.48. The maximum atomic E-state index is 13.7. The number of nitrogens with zero attached hydrogens (tertiary/aromatic N) is 5. The fourth-order valence-electron chi connectivity index (χ4n) is 5.45. The van der Waals surface area contributed by atoms with E-state index in [1.54, 1.807) is 12.1 Å². The van der Waals surface area contributed by atoms with Crippen LogP contribution < -0.4 is 0 Å². The Morgan fingerprint density at radius 2 is 2.12 bits per heavy atom. The largest absolute Gasteiger partial charge is 0.339 e. The second-order valence-corrected chi connectivity index (χ2v) is 9.48. The third-order valence-corrected chi connectivity index (χ3v) is 7.48. The first-order chi connectivity index (χ1) is 15.2. The lowest BCUT2D eigenvalue weighted by molar-refractivity contribution is -0.508. The van der Waals surface area contributed by atoms with Crippen molar-refractivity contribution in [2.75, 3.05) is 13.1 Å². The van der Waals surface area contributed by atoms with E-state index in [-0.39, 0.29) is 48.1 Å². The molecule has 1 amide bonds. The van der Waals surface area contributed by atoms with Gasteiger partial charge in [-0.15, -0.1) is 0 Å². The van der Waals surface area contributed by atoms with E-state index in [1.165, 1.54) is 17.0 Å². The van der Waals surface area contributed by atoms with Crippen LogP contribution in [0.15, 0.2) is 28.8 Å². The molecule has 2 aliphatic heterocycles. The quantitative estimate of drug-likeness (QED) is 0.682. The molecule has 1 aromatic heterocycles. The molecule has 1 aliphatic carbocycles. The highest BCUT2D eigenvalue weighted by molar-refractivity contribution is 5.83. The summed E-state index contributed by atoms with van der Waals surface area (Å²) >= 11 is 0. The summed E-state index contributed by atoms with van der Waals surface area (Å²) in [5.74, 6) is 0.394. The molecule has 2 aromatic rings. The van der Waals surface area contributed by atoms with Crippen LogP contribution in [0.2, 0.25) is 0 Å². The Morgan fingerprint density at radius 3 is 2.84 bits per heavy atom. The van der Waals surface area contributed by atoms with Crippen molar-refractivity contribution in [1.29, 1.82) is 5.26 Å². The van der Waals surface area contributed by atoms with Crippen LogP contribution in [-0.4, -0.2) is 62.6 Å². The van der Waals surface area contributed by atoms with Crippen LogP contribution in [0.5, 0.6) is 0 Å².